The highest BCUT2D eigenvalue weighted by Gasteiger charge is 2.22. The monoisotopic (exact) mass is 516 g/mol. The van der Waals surface area contributed by atoms with Crippen LogP contribution >= 0.6 is 35.7 Å². The molecule has 1 aromatic carbocycles. The molecule has 3 N–H and O–H groups in total. The van der Waals surface area contributed by atoms with Gasteiger partial charge < -0.3 is 16.0 Å². The Hall–Kier alpha value is -0.960. The van der Waals surface area contributed by atoms with Crippen LogP contribution in [0, 0.1) is 5.92 Å². The van der Waals surface area contributed by atoms with Gasteiger partial charge in [0.15, 0.2) is 5.96 Å². The molecule has 7 heteroatoms. The number of guanidine groups is 1. The number of hydrogen-bond acceptors (Lipinski definition) is 3. The molecule has 1 heterocycles. The Labute approximate surface area is 190 Å². The third-order valence-electron chi connectivity index (χ3n) is 5.21. The van der Waals surface area contributed by atoms with Crippen LogP contribution in [0.25, 0.3) is 0 Å². The zero-order valence-electron chi connectivity index (χ0n) is 16.7. The maximum Gasteiger partial charge on any atom is 0.227 e. The van der Waals surface area contributed by atoms with Gasteiger partial charge in [-0.05, 0) is 56.1 Å². The van der Waals surface area contributed by atoms with E-state index in [4.69, 9.17) is 4.99 Å². The second-order valence-electron chi connectivity index (χ2n) is 7.38. The van der Waals surface area contributed by atoms with E-state index >= 15 is 0 Å². The van der Waals surface area contributed by atoms with Gasteiger partial charge in [0.1, 0.15) is 0 Å². The molecule has 1 aliphatic carbocycles. The first kappa shape index (κ1) is 23.3. The van der Waals surface area contributed by atoms with Gasteiger partial charge in [-0.2, -0.15) is 11.8 Å². The summed E-state index contributed by atoms with van der Waals surface area (Å²) in [5, 5.41) is 10.6. The van der Waals surface area contributed by atoms with Crippen LogP contribution in [-0.4, -0.2) is 36.0 Å². The highest BCUT2D eigenvalue weighted by atomic mass is 127. The number of rotatable bonds is 7. The zero-order chi connectivity index (χ0) is 18.9. The van der Waals surface area contributed by atoms with E-state index in [9.17, 15) is 4.79 Å². The summed E-state index contributed by atoms with van der Waals surface area (Å²) < 4.78 is 0. The Morgan fingerprint density at radius 1 is 1.18 bits per heavy atom. The van der Waals surface area contributed by atoms with E-state index in [-0.39, 0.29) is 35.8 Å². The molecule has 1 aromatic rings. The fourth-order valence-electron chi connectivity index (χ4n) is 3.71. The fourth-order valence-corrected chi connectivity index (χ4v) is 4.91. The number of benzene rings is 1. The maximum atomic E-state index is 12.3. The third-order valence-corrected chi connectivity index (χ3v) is 6.60. The summed E-state index contributed by atoms with van der Waals surface area (Å²) in [5.74, 6) is 2.49. The molecule has 1 aliphatic heterocycles. The van der Waals surface area contributed by atoms with Crippen molar-refractivity contribution >= 4 is 53.3 Å². The molecule has 0 radical (unpaired) electrons. The van der Waals surface area contributed by atoms with Crippen LogP contribution in [0.1, 0.15) is 51.0 Å². The number of carbonyl (C=O) groups excluding carboxylic acids is 1. The number of nitrogens with zero attached hydrogens (tertiary/aromatic N) is 1. The maximum absolute atomic E-state index is 12.3. The summed E-state index contributed by atoms with van der Waals surface area (Å²) in [7, 11) is 0. The molecule has 5 nitrogen and oxygen atoms in total. The molecule has 0 spiro atoms. The number of amides is 1. The lowest BCUT2D eigenvalue weighted by atomic mass is 10.1. The second-order valence-corrected chi connectivity index (χ2v) is 8.79. The van der Waals surface area contributed by atoms with Crippen molar-refractivity contribution in [3.63, 3.8) is 0 Å². The van der Waals surface area contributed by atoms with Gasteiger partial charge in [-0.1, -0.05) is 25.0 Å². The van der Waals surface area contributed by atoms with Gasteiger partial charge in [0, 0.05) is 29.9 Å². The average molecular weight is 516 g/mol. The van der Waals surface area contributed by atoms with Crippen LogP contribution in [0.3, 0.4) is 0 Å². The second kappa shape index (κ2) is 12.6. The Morgan fingerprint density at radius 3 is 2.71 bits per heavy atom. The highest BCUT2D eigenvalue weighted by Crippen LogP contribution is 2.26. The largest absolute Gasteiger partial charge is 0.357 e. The number of hydrogen-bond donors (Lipinski definition) is 3. The van der Waals surface area contributed by atoms with E-state index in [2.05, 4.69) is 28.9 Å². The van der Waals surface area contributed by atoms with Crippen LogP contribution in [0.5, 0.6) is 0 Å². The van der Waals surface area contributed by atoms with E-state index in [1.165, 1.54) is 31.4 Å². The van der Waals surface area contributed by atoms with Gasteiger partial charge in [0.2, 0.25) is 5.91 Å². The number of thioether (sulfide) groups is 1. The molecular formula is C21H33IN4OS. The third kappa shape index (κ3) is 7.46. The van der Waals surface area contributed by atoms with Crippen molar-refractivity contribution in [3.8, 4) is 0 Å². The summed E-state index contributed by atoms with van der Waals surface area (Å²) in [6.45, 7) is 4.50. The molecule has 0 bridgehead atoms. The number of carbonyl (C=O) groups is 1. The highest BCUT2D eigenvalue weighted by molar-refractivity contribution is 14.0. The fraction of sp³-hybridized carbons (Fsp3) is 0.619. The van der Waals surface area contributed by atoms with E-state index in [0.717, 1.165) is 43.1 Å². The van der Waals surface area contributed by atoms with E-state index in [1.807, 2.05) is 30.0 Å². The summed E-state index contributed by atoms with van der Waals surface area (Å²) in [6, 6.07) is 8.04. The Bertz CT molecular complexity index is 643. The van der Waals surface area contributed by atoms with Crippen molar-refractivity contribution in [3.05, 3.63) is 29.8 Å². The van der Waals surface area contributed by atoms with Gasteiger partial charge in [0.05, 0.1) is 6.54 Å². The molecule has 2 aliphatic rings. The standard InChI is InChI=1S/C21H32N4OS.HI/c1-2-22-21(24-15-19-11-6-12-27-19)23-14-16-7-5-10-18(13-16)25-20(26)17-8-3-4-9-17;/h5,7,10,13,17,19H,2-4,6,8-9,11-12,14-15H2,1H3,(H,25,26)(H2,22,23,24);1H. The van der Waals surface area contributed by atoms with Crippen LogP contribution in [-0.2, 0) is 11.3 Å². The Morgan fingerprint density at radius 2 is 2.00 bits per heavy atom. The molecule has 1 atom stereocenters. The Kier molecular flexibility index (Phi) is 10.5. The van der Waals surface area contributed by atoms with Crippen molar-refractivity contribution in [2.24, 2.45) is 10.9 Å². The zero-order valence-corrected chi connectivity index (χ0v) is 19.9. The van der Waals surface area contributed by atoms with Crippen molar-refractivity contribution in [2.45, 2.75) is 57.2 Å². The van der Waals surface area contributed by atoms with Crippen LogP contribution < -0.4 is 16.0 Å². The van der Waals surface area contributed by atoms with Crippen LogP contribution in [0.15, 0.2) is 29.3 Å². The number of halogens is 1. The first-order valence-corrected chi connectivity index (χ1v) is 11.3. The van der Waals surface area contributed by atoms with Gasteiger partial charge in [-0.25, -0.2) is 4.99 Å². The van der Waals surface area contributed by atoms with Crippen LogP contribution in [0.4, 0.5) is 5.69 Å². The minimum Gasteiger partial charge on any atom is -0.357 e. The molecular weight excluding hydrogens is 483 g/mol. The number of anilines is 1. The van der Waals surface area contributed by atoms with E-state index in [1.54, 1.807) is 0 Å². The summed E-state index contributed by atoms with van der Waals surface area (Å²) in [6.07, 6.45) is 7.00. The summed E-state index contributed by atoms with van der Waals surface area (Å²) in [4.78, 5) is 17.0. The van der Waals surface area contributed by atoms with Crippen molar-refractivity contribution in [1.29, 1.82) is 0 Å². The van der Waals surface area contributed by atoms with Crippen molar-refractivity contribution in [1.82, 2.24) is 10.6 Å². The molecule has 2 fully saturated rings. The van der Waals surface area contributed by atoms with Crippen molar-refractivity contribution in [2.75, 3.05) is 24.2 Å². The van der Waals surface area contributed by atoms with Gasteiger partial charge in [-0.3, -0.25) is 4.79 Å². The Balaban J connectivity index is 0.00000280. The molecule has 0 aromatic heterocycles. The minimum absolute atomic E-state index is 0. The number of aliphatic imine (C=N–C) groups is 1. The summed E-state index contributed by atoms with van der Waals surface area (Å²) >= 11 is 2.05. The van der Waals surface area contributed by atoms with Gasteiger partial charge in [0.25, 0.3) is 0 Å². The predicted octanol–water partition coefficient (Wildman–Crippen LogP) is 4.38. The molecule has 28 heavy (non-hydrogen) atoms. The number of nitrogens with one attached hydrogen (secondary N) is 3. The van der Waals surface area contributed by atoms with Crippen LogP contribution in [0.2, 0.25) is 0 Å². The smallest absolute Gasteiger partial charge is 0.227 e. The normalized spacial score (nSPS) is 19.9. The summed E-state index contributed by atoms with van der Waals surface area (Å²) in [5.41, 5.74) is 1.98. The van der Waals surface area contributed by atoms with Gasteiger partial charge in [-0.15, -0.1) is 24.0 Å². The quantitative estimate of drug-likeness (QED) is 0.286. The first-order valence-electron chi connectivity index (χ1n) is 10.3. The SMILES string of the molecule is CCNC(=NCc1cccc(NC(=O)C2CCCC2)c1)NCC1CCCS1.I. The van der Waals surface area contributed by atoms with E-state index < -0.39 is 0 Å². The lowest BCUT2D eigenvalue weighted by Gasteiger charge is -2.15. The lowest BCUT2D eigenvalue weighted by molar-refractivity contribution is -0.119. The van der Waals surface area contributed by atoms with Gasteiger partial charge >= 0.3 is 0 Å². The molecule has 156 valence electrons. The molecule has 1 unspecified atom stereocenters. The predicted molar refractivity (Wildman–Crippen MR) is 131 cm³/mol. The average Bonchev–Trinajstić information content (AvgIpc) is 3.38. The topological polar surface area (TPSA) is 65.5 Å². The van der Waals surface area contributed by atoms with Crippen molar-refractivity contribution < 1.29 is 4.79 Å². The molecule has 3 rings (SSSR count). The first-order chi connectivity index (χ1) is 13.2. The minimum atomic E-state index is 0. The molecule has 1 saturated carbocycles. The molecule has 1 amide bonds. The van der Waals surface area contributed by atoms with E-state index in [0.29, 0.717) is 11.8 Å². The molecule has 1 saturated heterocycles. The lowest BCUT2D eigenvalue weighted by Crippen LogP contribution is -2.40.